The summed E-state index contributed by atoms with van der Waals surface area (Å²) in [7, 11) is -3.72. The van der Waals surface area contributed by atoms with Crippen LogP contribution in [-0.2, 0) is 30.9 Å². The van der Waals surface area contributed by atoms with E-state index in [1.807, 2.05) is 11.8 Å². The molecule has 0 saturated carbocycles. The fraction of sp³-hybridized carbons (Fsp3) is 0.600. The van der Waals surface area contributed by atoms with Crippen LogP contribution in [0.15, 0.2) is 29.2 Å². The van der Waals surface area contributed by atoms with Crippen LogP contribution in [0, 0.1) is 5.92 Å². The van der Waals surface area contributed by atoms with Crippen molar-refractivity contribution in [2.24, 2.45) is 11.1 Å². The molecule has 1 heterocycles. The van der Waals surface area contributed by atoms with Gasteiger partial charge >= 0.3 is 0 Å². The van der Waals surface area contributed by atoms with Crippen LogP contribution >= 0.6 is 0 Å². The number of nitrogens with one attached hydrogen (secondary N) is 2. The Labute approximate surface area is 178 Å². The molecule has 0 radical (unpaired) electrons. The molecule has 9 nitrogen and oxygen atoms in total. The number of rotatable bonds is 11. The van der Waals surface area contributed by atoms with Crippen LogP contribution in [0.1, 0.15) is 31.7 Å². The number of benzene rings is 1. The molecule has 2 amide bonds. The lowest BCUT2D eigenvalue weighted by Crippen LogP contribution is -2.44. The predicted octanol–water partition coefficient (Wildman–Crippen LogP) is 0.205. The monoisotopic (exact) mass is 440 g/mol. The summed E-state index contributed by atoms with van der Waals surface area (Å²) >= 11 is 0. The first-order chi connectivity index (χ1) is 14.3. The summed E-state index contributed by atoms with van der Waals surface area (Å²) in [5.41, 5.74) is 0.787. The highest BCUT2D eigenvalue weighted by atomic mass is 32.2. The number of ether oxygens (including phenoxy) is 1. The van der Waals surface area contributed by atoms with Gasteiger partial charge in [-0.1, -0.05) is 12.1 Å². The summed E-state index contributed by atoms with van der Waals surface area (Å²) in [5, 5.41) is 10.9. The Balaban J connectivity index is 1.64. The average Bonchev–Trinajstić information content (AvgIpc) is 2.72. The number of primary sulfonamides is 1. The highest BCUT2D eigenvalue weighted by Crippen LogP contribution is 2.17. The minimum absolute atomic E-state index is 0.00579. The summed E-state index contributed by atoms with van der Waals surface area (Å²) in [6, 6.07) is 6.09. The molecule has 0 aromatic heterocycles. The molecule has 2 rings (SSSR count). The van der Waals surface area contributed by atoms with E-state index >= 15 is 0 Å². The molecule has 0 unspecified atom stereocenters. The van der Waals surface area contributed by atoms with Crippen LogP contribution < -0.4 is 15.8 Å². The number of nitrogens with zero attached hydrogens (tertiary/aromatic N) is 1. The molecule has 1 aliphatic heterocycles. The average molecular weight is 441 g/mol. The van der Waals surface area contributed by atoms with E-state index in [-0.39, 0.29) is 29.2 Å². The Morgan fingerprint density at radius 3 is 2.43 bits per heavy atom. The van der Waals surface area contributed by atoms with Crippen LogP contribution in [0.3, 0.4) is 0 Å². The maximum Gasteiger partial charge on any atom is 0.238 e. The van der Waals surface area contributed by atoms with Crippen LogP contribution in [-0.4, -0.2) is 64.5 Å². The zero-order valence-electron chi connectivity index (χ0n) is 17.4. The first-order valence-electron chi connectivity index (χ1n) is 10.3. The van der Waals surface area contributed by atoms with Crippen molar-refractivity contribution in [1.82, 2.24) is 15.5 Å². The van der Waals surface area contributed by atoms with Gasteiger partial charge in [0.2, 0.25) is 21.8 Å². The smallest absolute Gasteiger partial charge is 0.238 e. The first kappa shape index (κ1) is 24.3. The van der Waals surface area contributed by atoms with Crippen molar-refractivity contribution in [2.45, 2.75) is 37.6 Å². The topological polar surface area (TPSA) is 131 Å². The van der Waals surface area contributed by atoms with Gasteiger partial charge in [-0.25, -0.2) is 13.6 Å². The van der Waals surface area contributed by atoms with E-state index in [9.17, 15) is 18.0 Å². The molecule has 0 aliphatic carbocycles. The third-order valence-electron chi connectivity index (χ3n) is 5.04. The van der Waals surface area contributed by atoms with Crippen LogP contribution in [0.25, 0.3) is 0 Å². The third kappa shape index (κ3) is 8.39. The predicted molar refractivity (Wildman–Crippen MR) is 113 cm³/mol. The number of piperidine rings is 1. The maximum absolute atomic E-state index is 12.2. The minimum Gasteiger partial charge on any atom is -0.382 e. The Kier molecular flexibility index (Phi) is 9.70. The lowest BCUT2D eigenvalue weighted by Gasteiger charge is -2.30. The van der Waals surface area contributed by atoms with Crippen molar-refractivity contribution in [3.05, 3.63) is 29.8 Å². The number of likely N-dealkylation sites (tertiary alicyclic amines) is 1. The SMILES string of the molecule is CCOCCCNC(=O)C1CCN(CC(=O)NCc2ccc(S(N)(=O)=O)cc2)CC1. The molecule has 10 heteroatoms. The highest BCUT2D eigenvalue weighted by molar-refractivity contribution is 7.89. The molecule has 1 aromatic carbocycles. The number of amides is 2. The van der Waals surface area contributed by atoms with Crippen LogP contribution in [0.4, 0.5) is 0 Å². The highest BCUT2D eigenvalue weighted by Gasteiger charge is 2.25. The quantitative estimate of drug-likeness (QED) is 0.422. The Bertz CT molecular complexity index is 790. The van der Waals surface area contributed by atoms with Gasteiger partial charge in [-0.2, -0.15) is 0 Å². The second-order valence-electron chi connectivity index (χ2n) is 7.36. The number of hydrogen-bond donors (Lipinski definition) is 3. The molecule has 30 heavy (non-hydrogen) atoms. The lowest BCUT2D eigenvalue weighted by atomic mass is 9.96. The summed E-state index contributed by atoms with van der Waals surface area (Å²) in [5.74, 6) is -0.0309. The van der Waals surface area contributed by atoms with Crippen LogP contribution in [0.2, 0.25) is 0 Å². The molecule has 168 valence electrons. The van der Waals surface area contributed by atoms with Crippen molar-refractivity contribution in [3.8, 4) is 0 Å². The largest absolute Gasteiger partial charge is 0.382 e. The van der Waals surface area contributed by atoms with Gasteiger partial charge in [-0.3, -0.25) is 14.5 Å². The third-order valence-corrected chi connectivity index (χ3v) is 5.97. The van der Waals surface area contributed by atoms with Crippen molar-refractivity contribution in [3.63, 3.8) is 0 Å². The molecule has 0 spiro atoms. The zero-order chi connectivity index (χ0) is 22.0. The Morgan fingerprint density at radius 2 is 1.83 bits per heavy atom. The molecule has 1 aromatic rings. The van der Waals surface area contributed by atoms with Crippen LogP contribution in [0.5, 0.6) is 0 Å². The van der Waals surface area contributed by atoms with E-state index < -0.39 is 10.0 Å². The second kappa shape index (κ2) is 12.0. The van der Waals surface area contributed by atoms with E-state index in [0.717, 1.165) is 24.8 Å². The Hall–Kier alpha value is -2.01. The molecule has 0 bridgehead atoms. The molecule has 1 saturated heterocycles. The number of carbonyl (C=O) groups is 2. The summed E-state index contributed by atoms with van der Waals surface area (Å²) < 4.78 is 27.8. The second-order valence-corrected chi connectivity index (χ2v) is 8.92. The van der Waals surface area contributed by atoms with E-state index in [1.165, 1.54) is 12.1 Å². The van der Waals surface area contributed by atoms with Gasteiger partial charge in [0.1, 0.15) is 0 Å². The minimum atomic E-state index is -3.72. The molecular weight excluding hydrogens is 408 g/mol. The zero-order valence-corrected chi connectivity index (χ0v) is 18.2. The van der Waals surface area contributed by atoms with Crippen molar-refractivity contribution in [1.29, 1.82) is 0 Å². The van der Waals surface area contributed by atoms with Gasteiger partial charge in [-0.05, 0) is 57.0 Å². The van der Waals surface area contributed by atoms with Gasteiger partial charge in [0.25, 0.3) is 0 Å². The van der Waals surface area contributed by atoms with Crippen molar-refractivity contribution >= 4 is 21.8 Å². The van der Waals surface area contributed by atoms with Crippen molar-refractivity contribution in [2.75, 3.05) is 39.4 Å². The van der Waals surface area contributed by atoms with E-state index in [2.05, 4.69) is 10.6 Å². The standard InChI is InChI=1S/C20H32N4O5S/c1-2-29-13-3-10-22-20(26)17-8-11-24(12-9-17)15-19(25)23-14-16-4-6-18(7-5-16)30(21,27)28/h4-7,17H,2-3,8-15H2,1H3,(H,22,26)(H,23,25)(H2,21,27,28). The molecular formula is C20H32N4O5S. The number of carbonyl (C=O) groups excluding carboxylic acids is 2. The molecule has 0 atom stereocenters. The molecule has 1 fully saturated rings. The van der Waals surface area contributed by atoms with E-state index in [4.69, 9.17) is 9.88 Å². The number of nitrogens with two attached hydrogens (primary N) is 1. The maximum atomic E-state index is 12.2. The summed E-state index contributed by atoms with van der Waals surface area (Å²) in [4.78, 5) is 26.5. The fourth-order valence-corrected chi connectivity index (χ4v) is 3.80. The van der Waals surface area contributed by atoms with E-state index in [0.29, 0.717) is 39.4 Å². The number of hydrogen-bond acceptors (Lipinski definition) is 6. The fourth-order valence-electron chi connectivity index (χ4n) is 3.28. The summed E-state index contributed by atoms with van der Waals surface area (Å²) in [6.45, 7) is 5.90. The molecule has 1 aliphatic rings. The van der Waals surface area contributed by atoms with E-state index in [1.54, 1.807) is 12.1 Å². The molecule has 4 N–H and O–H groups in total. The Morgan fingerprint density at radius 1 is 1.17 bits per heavy atom. The number of sulfonamides is 1. The summed E-state index contributed by atoms with van der Waals surface area (Å²) in [6.07, 6.45) is 2.28. The van der Waals surface area contributed by atoms with Gasteiger partial charge < -0.3 is 15.4 Å². The van der Waals surface area contributed by atoms with Gasteiger partial charge in [0.05, 0.1) is 11.4 Å². The van der Waals surface area contributed by atoms with Gasteiger partial charge in [-0.15, -0.1) is 0 Å². The normalized spacial score (nSPS) is 15.7. The first-order valence-corrected chi connectivity index (χ1v) is 11.8. The lowest BCUT2D eigenvalue weighted by molar-refractivity contribution is -0.126. The van der Waals surface area contributed by atoms with Gasteiger partial charge in [0, 0.05) is 32.2 Å². The van der Waals surface area contributed by atoms with Gasteiger partial charge in [0.15, 0.2) is 0 Å². The van der Waals surface area contributed by atoms with Crippen molar-refractivity contribution < 1.29 is 22.7 Å².